The highest BCUT2D eigenvalue weighted by Gasteiger charge is 2.36. The van der Waals surface area contributed by atoms with Crippen molar-refractivity contribution in [1.82, 2.24) is 4.90 Å². The van der Waals surface area contributed by atoms with Gasteiger partial charge in [-0.2, -0.15) is 0 Å². The average Bonchev–Trinajstić information content (AvgIpc) is 3.21. The third-order valence-electron chi connectivity index (χ3n) is 6.09. The van der Waals surface area contributed by atoms with Crippen LogP contribution in [0.2, 0.25) is 0 Å². The van der Waals surface area contributed by atoms with Crippen molar-refractivity contribution in [2.45, 2.75) is 73.3 Å². The molecule has 1 atom stereocenters. The number of aryl methyl sites for hydroxylation is 1. The van der Waals surface area contributed by atoms with E-state index in [2.05, 4.69) is 12.1 Å². The van der Waals surface area contributed by atoms with Crippen molar-refractivity contribution in [3.05, 3.63) is 68.8 Å². The Hall–Kier alpha value is -3.12. The maximum absolute atomic E-state index is 13.1. The van der Waals surface area contributed by atoms with Gasteiger partial charge < -0.3 is 14.6 Å². The molecule has 1 aliphatic heterocycles. The van der Waals surface area contributed by atoms with Crippen LogP contribution in [-0.4, -0.2) is 34.3 Å². The second kappa shape index (κ2) is 10.0. The summed E-state index contributed by atoms with van der Waals surface area (Å²) in [5.41, 5.74) is 6.97. The molecule has 1 aliphatic rings. The van der Waals surface area contributed by atoms with Crippen LogP contribution in [0.3, 0.4) is 0 Å². The molecule has 0 spiro atoms. The second-order valence-electron chi connectivity index (χ2n) is 9.78. The first-order chi connectivity index (χ1) is 15.9. The highest BCUT2D eigenvalue weighted by molar-refractivity contribution is 5.83. The Morgan fingerprint density at radius 2 is 1.62 bits per heavy atom. The van der Waals surface area contributed by atoms with Crippen molar-refractivity contribution < 1.29 is 24.2 Å². The molecule has 1 N–H and O–H groups in total. The third-order valence-corrected chi connectivity index (χ3v) is 6.09. The molecule has 6 heteroatoms. The molecule has 0 radical (unpaired) electrons. The van der Waals surface area contributed by atoms with Crippen LogP contribution < -0.4 is 0 Å². The van der Waals surface area contributed by atoms with Crippen LogP contribution >= 0.6 is 0 Å². The molecule has 6 nitrogen and oxygen atoms in total. The lowest BCUT2D eigenvalue weighted by molar-refractivity contribution is -0.166. The largest absolute Gasteiger partial charge is 0.465 e. The fraction of sp³-hybridized carbons (Fsp3) is 0.429. The van der Waals surface area contributed by atoms with Crippen molar-refractivity contribution in [3.8, 4) is 0 Å². The lowest BCUT2D eigenvalue weighted by atomic mass is 9.85. The SMILES string of the molecule is CCOC(=O)C(OC(C)(C)C)c1c(C)c2c(c(C)c1/C=C/c1ccc(C)cc1)CN(C(=O)O)C2. The standard InChI is InChI=1S/C28H35NO5/c1-8-33-26(30)25(34-28(5,6)7)24-19(4)23-16-29(27(31)32)15-22(23)18(3)21(24)14-13-20-11-9-17(2)10-12-20/h9-14,25H,8,15-16H2,1-7H3,(H,31,32)/b14-13+. The summed E-state index contributed by atoms with van der Waals surface area (Å²) in [6.07, 6.45) is 2.13. The van der Waals surface area contributed by atoms with Crippen molar-refractivity contribution in [2.24, 2.45) is 0 Å². The highest BCUT2D eigenvalue weighted by atomic mass is 16.6. The van der Waals surface area contributed by atoms with E-state index >= 15 is 0 Å². The van der Waals surface area contributed by atoms with Gasteiger partial charge in [0.25, 0.3) is 0 Å². The lowest BCUT2D eigenvalue weighted by Gasteiger charge is -2.30. The predicted molar refractivity (Wildman–Crippen MR) is 134 cm³/mol. The Morgan fingerprint density at radius 1 is 1.03 bits per heavy atom. The maximum atomic E-state index is 13.1. The van der Waals surface area contributed by atoms with Gasteiger partial charge in [0.15, 0.2) is 6.10 Å². The molecular formula is C28H35NO5. The van der Waals surface area contributed by atoms with E-state index in [0.29, 0.717) is 6.54 Å². The number of fused-ring (bicyclic) bond motifs is 1. The van der Waals surface area contributed by atoms with Gasteiger partial charge in [0.2, 0.25) is 0 Å². The number of esters is 1. The first-order valence-corrected chi connectivity index (χ1v) is 11.6. The van der Waals surface area contributed by atoms with Crippen molar-refractivity contribution in [1.29, 1.82) is 0 Å². The first-order valence-electron chi connectivity index (χ1n) is 11.6. The smallest absolute Gasteiger partial charge is 0.407 e. The maximum Gasteiger partial charge on any atom is 0.407 e. The quantitative estimate of drug-likeness (QED) is 0.406. The number of ether oxygens (including phenoxy) is 2. The Morgan fingerprint density at radius 3 is 2.15 bits per heavy atom. The van der Waals surface area contributed by atoms with Gasteiger partial charge >= 0.3 is 12.1 Å². The van der Waals surface area contributed by atoms with E-state index in [1.165, 1.54) is 10.5 Å². The molecule has 0 saturated carbocycles. The van der Waals surface area contributed by atoms with Crippen LogP contribution in [0.4, 0.5) is 4.79 Å². The van der Waals surface area contributed by atoms with E-state index in [-0.39, 0.29) is 13.2 Å². The summed E-state index contributed by atoms with van der Waals surface area (Å²) in [5.74, 6) is -0.446. The van der Waals surface area contributed by atoms with Crippen molar-refractivity contribution >= 4 is 24.2 Å². The third kappa shape index (κ3) is 5.50. The lowest BCUT2D eigenvalue weighted by Crippen LogP contribution is -2.30. The van der Waals surface area contributed by atoms with Gasteiger partial charge in [0.1, 0.15) is 0 Å². The van der Waals surface area contributed by atoms with Crippen LogP contribution in [0.5, 0.6) is 0 Å². The van der Waals surface area contributed by atoms with Crippen LogP contribution in [0.25, 0.3) is 12.2 Å². The second-order valence-corrected chi connectivity index (χ2v) is 9.78. The van der Waals surface area contributed by atoms with Crippen LogP contribution in [0.1, 0.15) is 78.3 Å². The van der Waals surface area contributed by atoms with Gasteiger partial charge in [0, 0.05) is 18.7 Å². The van der Waals surface area contributed by atoms with Gasteiger partial charge in [-0.1, -0.05) is 42.0 Å². The monoisotopic (exact) mass is 465 g/mol. The minimum Gasteiger partial charge on any atom is -0.465 e. The van der Waals surface area contributed by atoms with E-state index in [1.807, 2.05) is 65.8 Å². The zero-order valence-electron chi connectivity index (χ0n) is 21.2. The van der Waals surface area contributed by atoms with E-state index in [1.54, 1.807) is 6.92 Å². The highest BCUT2D eigenvalue weighted by Crippen LogP contribution is 2.40. The zero-order chi connectivity index (χ0) is 25.2. The number of benzene rings is 2. The number of amides is 1. The summed E-state index contributed by atoms with van der Waals surface area (Å²) in [6, 6.07) is 8.19. The number of carbonyl (C=O) groups excluding carboxylic acids is 1. The molecule has 0 fully saturated rings. The molecule has 0 saturated heterocycles. The number of carbonyl (C=O) groups is 2. The summed E-state index contributed by atoms with van der Waals surface area (Å²) in [7, 11) is 0. The molecule has 182 valence electrons. The predicted octanol–water partition coefficient (Wildman–Crippen LogP) is 6.20. The Bertz CT molecular complexity index is 1110. The molecule has 2 aromatic rings. The molecule has 1 heterocycles. The van der Waals surface area contributed by atoms with Gasteiger partial charge in [-0.25, -0.2) is 9.59 Å². The van der Waals surface area contributed by atoms with Crippen molar-refractivity contribution in [2.75, 3.05) is 6.61 Å². The summed E-state index contributed by atoms with van der Waals surface area (Å²) >= 11 is 0. The fourth-order valence-electron chi connectivity index (χ4n) is 4.39. The van der Waals surface area contributed by atoms with Crippen LogP contribution in [-0.2, 0) is 27.4 Å². The fourth-order valence-corrected chi connectivity index (χ4v) is 4.39. The van der Waals surface area contributed by atoms with Gasteiger partial charge in [-0.3, -0.25) is 4.90 Å². The van der Waals surface area contributed by atoms with Gasteiger partial charge in [-0.05, 0) is 81.8 Å². The Balaban J connectivity index is 2.24. The molecule has 2 aromatic carbocycles. The summed E-state index contributed by atoms with van der Waals surface area (Å²) in [6.45, 7) is 14.3. The first kappa shape index (κ1) is 25.5. The van der Waals surface area contributed by atoms with E-state index in [9.17, 15) is 14.7 Å². The molecule has 3 rings (SSSR count). The molecule has 1 unspecified atom stereocenters. The summed E-state index contributed by atoms with van der Waals surface area (Å²) < 4.78 is 11.7. The van der Waals surface area contributed by atoms with E-state index in [0.717, 1.165) is 38.9 Å². The zero-order valence-corrected chi connectivity index (χ0v) is 21.2. The number of hydrogen-bond donors (Lipinski definition) is 1. The molecular weight excluding hydrogens is 430 g/mol. The molecule has 0 bridgehead atoms. The van der Waals surface area contributed by atoms with Crippen molar-refractivity contribution in [3.63, 3.8) is 0 Å². The molecule has 1 amide bonds. The summed E-state index contributed by atoms with van der Waals surface area (Å²) in [5, 5.41) is 9.61. The van der Waals surface area contributed by atoms with Crippen LogP contribution in [0, 0.1) is 20.8 Å². The molecule has 0 aliphatic carbocycles. The molecule has 0 aromatic heterocycles. The summed E-state index contributed by atoms with van der Waals surface area (Å²) in [4.78, 5) is 26.3. The average molecular weight is 466 g/mol. The topological polar surface area (TPSA) is 76.1 Å². The number of hydrogen-bond acceptors (Lipinski definition) is 4. The minimum absolute atomic E-state index is 0.243. The minimum atomic E-state index is -0.957. The normalized spacial score (nSPS) is 14.4. The van der Waals surface area contributed by atoms with Gasteiger partial charge in [-0.15, -0.1) is 0 Å². The Kier molecular flexibility index (Phi) is 7.51. The number of nitrogens with zero attached hydrogens (tertiary/aromatic N) is 1. The number of rotatable bonds is 6. The number of carboxylic acid groups (broad SMARTS) is 1. The van der Waals surface area contributed by atoms with Gasteiger partial charge in [0.05, 0.1) is 12.2 Å². The van der Waals surface area contributed by atoms with E-state index < -0.39 is 23.8 Å². The Labute approximate surface area is 202 Å². The van der Waals surface area contributed by atoms with Crippen LogP contribution in [0.15, 0.2) is 24.3 Å². The van der Waals surface area contributed by atoms with E-state index in [4.69, 9.17) is 9.47 Å². The molecule has 34 heavy (non-hydrogen) atoms.